The largest absolute Gasteiger partial charge is 0.217 e. The maximum absolute atomic E-state index is 11.6. The molecule has 4 nitrogen and oxygen atoms in total. The van der Waals surface area contributed by atoms with Gasteiger partial charge in [-0.3, -0.25) is 0 Å². The van der Waals surface area contributed by atoms with E-state index in [0.29, 0.717) is 0 Å². The van der Waals surface area contributed by atoms with Crippen LogP contribution >= 0.6 is 0 Å². The zero-order chi connectivity index (χ0) is 10.1. The molecule has 0 radical (unpaired) electrons. The molecule has 0 saturated heterocycles. The highest BCUT2D eigenvalue weighted by atomic mass is 32.2. The summed E-state index contributed by atoms with van der Waals surface area (Å²) in [4.78, 5) is 0. The Bertz CT molecular complexity index is 314. The first kappa shape index (κ1) is 10.5. The number of rotatable bonds is 4. The van der Waals surface area contributed by atoms with Gasteiger partial charge in [-0.15, -0.1) is 0 Å². The van der Waals surface area contributed by atoms with E-state index in [-0.39, 0.29) is 17.7 Å². The first-order chi connectivity index (χ1) is 6.00. The second kappa shape index (κ2) is 3.64. The molecule has 1 aliphatic rings. The van der Waals surface area contributed by atoms with Gasteiger partial charge in [-0.2, -0.15) is 5.26 Å². The van der Waals surface area contributed by atoms with Crippen LogP contribution in [0.15, 0.2) is 0 Å². The van der Waals surface area contributed by atoms with Crippen molar-refractivity contribution in [2.45, 2.75) is 37.5 Å². The van der Waals surface area contributed by atoms with Gasteiger partial charge in [-0.25, -0.2) is 12.7 Å². The maximum atomic E-state index is 11.6. The van der Waals surface area contributed by atoms with Crippen LogP contribution in [-0.2, 0) is 10.0 Å². The van der Waals surface area contributed by atoms with Gasteiger partial charge in [0.2, 0.25) is 10.0 Å². The number of nitrogens with zero attached hydrogens (tertiary/aromatic N) is 2. The lowest BCUT2D eigenvalue weighted by Crippen LogP contribution is -2.37. The molecule has 1 unspecified atom stereocenters. The van der Waals surface area contributed by atoms with Crippen LogP contribution in [-0.4, -0.2) is 31.1 Å². The Morgan fingerprint density at radius 3 is 2.54 bits per heavy atom. The van der Waals surface area contributed by atoms with Crippen LogP contribution < -0.4 is 0 Å². The van der Waals surface area contributed by atoms with Gasteiger partial charge in [-0.05, 0) is 19.8 Å². The first-order valence-electron chi connectivity index (χ1n) is 4.34. The summed E-state index contributed by atoms with van der Waals surface area (Å²) in [5, 5.41) is 8.25. The summed E-state index contributed by atoms with van der Waals surface area (Å²) in [6, 6.07) is 1.76. The lowest BCUT2D eigenvalue weighted by Gasteiger charge is -2.21. The highest BCUT2D eigenvalue weighted by molar-refractivity contribution is 7.90. The second-order valence-corrected chi connectivity index (χ2v) is 5.74. The summed E-state index contributed by atoms with van der Waals surface area (Å²) in [6.45, 7) is 1.75. The van der Waals surface area contributed by atoms with Crippen LogP contribution in [0.3, 0.4) is 0 Å². The zero-order valence-corrected chi connectivity index (χ0v) is 8.71. The SMILES string of the molecule is CC(CC#N)N(C)S(=O)(=O)C1CC1. The Balaban J connectivity index is 2.66. The van der Waals surface area contributed by atoms with E-state index < -0.39 is 10.0 Å². The van der Waals surface area contributed by atoms with Crippen molar-refractivity contribution >= 4 is 10.0 Å². The third-order valence-electron chi connectivity index (χ3n) is 2.35. The van der Waals surface area contributed by atoms with Crippen LogP contribution in [0.2, 0.25) is 0 Å². The highest BCUT2D eigenvalue weighted by Crippen LogP contribution is 2.31. The molecule has 0 amide bonds. The van der Waals surface area contributed by atoms with Gasteiger partial charge in [-0.1, -0.05) is 0 Å². The minimum absolute atomic E-state index is 0.182. The van der Waals surface area contributed by atoms with E-state index >= 15 is 0 Å². The molecular weight excluding hydrogens is 188 g/mol. The van der Waals surface area contributed by atoms with Gasteiger partial charge in [0.15, 0.2) is 0 Å². The molecule has 0 heterocycles. The Labute approximate surface area is 79.2 Å². The van der Waals surface area contributed by atoms with Crippen LogP contribution in [0.4, 0.5) is 0 Å². The summed E-state index contributed by atoms with van der Waals surface area (Å²) in [6.07, 6.45) is 1.79. The molecule has 0 aliphatic heterocycles. The van der Waals surface area contributed by atoms with Gasteiger partial charge in [0, 0.05) is 13.1 Å². The van der Waals surface area contributed by atoms with Crippen molar-refractivity contribution in [1.82, 2.24) is 4.31 Å². The van der Waals surface area contributed by atoms with E-state index in [1.54, 1.807) is 14.0 Å². The average molecular weight is 202 g/mol. The molecule has 13 heavy (non-hydrogen) atoms. The molecule has 1 saturated carbocycles. The third-order valence-corrected chi connectivity index (χ3v) is 4.83. The Kier molecular flexibility index (Phi) is 2.94. The third kappa shape index (κ3) is 2.20. The van der Waals surface area contributed by atoms with E-state index in [9.17, 15) is 8.42 Å². The normalized spacial score (nSPS) is 19.8. The lowest BCUT2D eigenvalue weighted by molar-refractivity contribution is 0.392. The number of sulfonamides is 1. The van der Waals surface area contributed by atoms with Crippen molar-refractivity contribution < 1.29 is 8.42 Å². The predicted octanol–water partition coefficient (Wildman–Crippen LogP) is 0.713. The topological polar surface area (TPSA) is 61.2 Å². The fraction of sp³-hybridized carbons (Fsp3) is 0.875. The fourth-order valence-electron chi connectivity index (χ4n) is 1.11. The maximum Gasteiger partial charge on any atom is 0.217 e. The smallest absolute Gasteiger partial charge is 0.212 e. The molecule has 0 aromatic heterocycles. The molecule has 1 rings (SSSR count). The van der Waals surface area contributed by atoms with Crippen molar-refractivity contribution in [3.8, 4) is 6.07 Å². The monoisotopic (exact) mass is 202 g/mol. The van der Waals surface area contributed by atoms with Crippen LogP contribution in [0.25, 0.3) is 0 Å². The lowest BCUT2D eigenvalue weighted by atomic mass is 10.3. The van der Waals surface area contributed by atoms with Crippen LogP contribution in [0, 0.1) is 11.3 Å². The van der Waals surface area contributed by atoms with Gasteiger partial charge < -0.3 is 0 Å². The molecule has 5 heteroatoms. The van der Waals surface area contributed by atoms with E-state index in [1.807, 2.05) is 6.07 Å². The molecule has 0 aromatic carbocycles. The zero-order valence-electron chi connectivity index (χ0n) is 7.90. The van der Waals surface area contributed by atoms with Crippen molar-refractivity contribution in [2.75, 3.05) is 7.05 Å². The predicted molar refractivity (Wildman–Crippen MR) is 49.4 cm³/mol. The number of hydrogen-bond donors (Lipinski definition) is 0. The second-order valence-electron chi connectivity index (χ2n) is 3.47. The molecule has 1 fully saturated rings. The van der Waals surface area contributed by atoms with Crippen LogP contribution in [0.5, 0.6) is 0 Å². The fourth-order valence-corrected chi connectivity index (χ4v) is 2.89. The van der Waals surface area contributed by atoms with Gasteiger partial charge in [0.05, 0.1) is 17.7 Å². The molecule has 0 spiro atoms. The molecular formula is C8H14N2O2S. The summed E-state index contributed by atoms with van der Waals surface area (Å²) in [5.74, 6) is 0. The highest BCUT2D eigenvalue weighted by Gasteiger charge is 2.39. The van der Waals surface area contributed by atoms with Crippen molar-refractivity contribution in [3.05, 3.63) is 0 Å². The minimum Gasteiger partial charge on any atom is -0.212 e. The van der Waals surface area contributed by atoms with E-state index in [0.717, 1.165) is 12.8 Å². The standard InChI is InChI=1S/C8H14N2O2S/c1-7(5-6-9)10(2)13(11,12)8-3-4-8/h7-8H,3-5H2,1-2H3. The number of hydrogen-bond acceptors (Lipinski definition) is 3. The Morgan fingerprint density at radius 2 is 2.15 bits per heavy atom. The molecule has 0 bridgehead atoms. The molecule has 1 aliphatic carbocycles. The minimum atomic E-state index is -3.10. The summed E-state index contributed by atoms with van der Waals surface area (Å²) in [5.41, 5.74) is 0. The summed E-state index contributed by atoms with van der Waals surface area (Å²) in [7, 11) is -1.55. The van der Waals surface area contributed by atoms with E-state index in [1.165, 1.54) is 4.31 Å². The van der Waals surface area contributed by atoms with Gasteiger partial charge >= 0.3 is 0 Å². The van der Waals surface area contributed by atoms with Crippen molar-refractivity contribution in [2.24, 2.45) is 0 Å². The molecule has 1 atom stereocenters. The van der Waals surface area contributed by atoms with E-state index in [2.05, 4.69) is 0 Å². The number of nitriles is 1. The Hall–Kier alpha value is -0.600. The quantitative estimate of drug-likeness (QED) is 0.674. The average Bonchev–Trinajstić information content (AvgIpc) is 2.85. The summed E-state index contributed by atoms with van der Waals surface area (Å²) >= 11 is 0. The first-order valence-corrected chi connectivity index (χ1v) is 5.84. The molecule has 0 aromatic rings. The molecule has 74 valence electrons. The molecule has 0 N–H and O–H groups in total. The Morgan fingerprint density at radius 1 is 1.62 bits per heavy atom. The van der Waals surface area contributed by atoms with Crippen LogP contribution in [0.1, 0.15) is 26.2 Å². The van der Waals surface area contributed by atoms with Crippen molar-refractivity contribution in [3.63, 3.8) is 0 Å². The van der Waals surface area contributed by atoms with Gasteiger partial charge in [0.25, 0.3) is 0 Å². The van der Waals surface area contributed by atoms with E-state index in [4.69, 9.17) is 5.26 Å². The summed E-state index contributed by atoms with van der Waals surface area (Å²) < 4.78 is 24.6. The van der Waals surface area contributed by atoms with Gasteiger partial charge in [0.1, 0.15) is 0 Å². The van der Waals surface area contributed by atoms with Crippen molar-refractivity contribution in [1.29, 1.82) is 5.26 Å².